The molecule has 0 spiro atoms. The van der Waals surface area contributed by atoms with E-state index in [0.717, 1.165) is 38.5 Å². The van der Waals surface area contributed by atoms with Crippen molar-refractivity contribution < 1.29 is 0 Å². The Hall–Kier alpha value is -1.87. The van der Waals surface area contributed by atoms with Crippen LogP contribution < -0.4 is 4.90 Å². The third-order valence-corrected chi connectivity index (χ3v) is 3.51. The van der Waals surface area contributed by atoms with E-state index in [1.54, 1.807) is 0 Å². The Bertz CT molecular complexity index is 490. The van der Waals surface area contributed by atoms with Gasteiger partial charge in [-0.3, -0.25) is 4.90 Å². The van der Waals surface area contributed by atoms with Crippen molar-refractivity contribution in [3.63, 3.8) is 0 Å². The van der Waals surface area contributed by atoms with Crippen LogP contribution in [-0.2, 0) is 6.54 Å². The molecule has 0 amide bonds. The molecule has 3 heteroatoms. The van der Waals surface area contributed by atoms with Crippen LogP contribution in [0.4, 0.5) is 5.82 Å². The summed E-state index contributed by atoms with van der Waals surface area (Å²) in [4.78, 5) is 9.17. The zero-order valence-electron chi connectivity index (χ0n) is 11.0. The van der Waals surface area contributed by atoms with E-state index < -0.39 is 0 Å². The predicted octanol–water partition coefficient (Wildman–Crippen LogP) is 2.20. The van der Waals surface area contributed by atoms with Crippen molar-refractivity contribution in [2.24, 2.45) is 0 Å². The lowest BCUT2D eigenvalue weighted by Crippen LogP contribution is -2.46. The number of benzene rings is 1. The molecule has 1 radical (unpaired) electrons. The van der Waals surface area contributed by atoms with Crippen LogP contribution in [0.3, 0.4) is 0 Å². The Morgan fingerprint density at radius 1 is 1.00 bits per heavy atom. The SMILES string of the molecule is [c]1cccnc1N1CCN(Cc2ccccc2)CC1. The molecule has 2 heterocycles. The van der Waals surface area contributed by atoms with Gasteiger partial charge in [-0.05, 0) is 17.7 Å². The number of nitrogens with zero attached hydrogens (tertiary/aromatic N) is 3. The van der Waals surface area contributed by atoms with E-state index in [1.807, 2.05) is 18.3 Å². The highest BCUT2D eigenvalue weighted by atomic mass is 15.3. The summed E-state index contributed by atoms with van der Waals surface area (Å²) in [5, 5.41) is 0. The third kappa shape index (κ3) is 3.12. The topological polar surface area (TPSA) is 19.4 Å². The minimum absolute atomic E-state index is 0.974. The zero-order chi connectivity index (χ0) is 12.9. The molecule has 0 bridgehead atoms. The minimum Gasteiger partial charge on any atom is -0.354 e. The van der Waals surface area contributed by atoms with Gasteiger partial charge < -0.3 is 4.90 Å². The van der Waals surface area contributed by atoms with Gasteiger partial charge in [0.25, 0.3) is 0 Å². The third-order valence-electron chi connectivity index (χ3n) is 3.51. The molecule has 0 atom stereocenters. The fourth-order valence-corrected chi connectivity index (χ4v) is 2.45. The van der Waals surface area contributed by atoms with Gasteiger partial charge in [-0.15, -0.1) is 0 Å². The molecule has 3 nitrogen and oxygen atoms in total. The fraction of sp³-hybridized carbons (Fsp3) is 0.312. The second kappa shape index (κ2) is 5.85. The Balaban J connectivity index is 1.55. The summed E-state index contributed by atoms with van der Waals surface area (Å²) in [6, 6.07) is 17.7. The van der Waals surface area contributed by atoms with Crippen molar-refractivity contribution in [1.82, 2.24) is 9.88 Å². The van der Waals surface area contributed by atoms with Crippen LogP contribution in [0.25, 0.3) is 0 Å². The summed E-state index contributed by atoms with van der Waals surface area (Å²) < 4.78 is 0. The molecule has 2 aromatic rings. The predicted molar refractivity (Wildman–Crippen MR) is 77.0 cm³/mol. The number of hydrogen-bond acceptors (Lipinski definition) is 3. The number of hydrogen-bond donors (Lipinski definition) is 0. The standard InChI is InChI=1S/C16H18N3/c1-2-6-15(7-3-1)14-18-10-12-19(13-11-18)16-8-4-5-9-17-16/h1-7,9H,10-14H2. The van der Waals surface area contributed by atoms with Crippen molar-refractivity contribution in [2.45, 2.75) is 6.54 Å². The smallest absolute Gasteiger partial charge is 0.136 e. The Morgan fingerprint density at radius 2 is 1.79 bits per heavy atom. The van der Waals surface area contributed by atoms with Crippen LogP contribution in [0.2, 0.25) is 0 Å². The largest absolute Gasteiger partial charge is 0.354 e. The quantitative estimate of drug-likeness (QED) is 0.835. The lowest BCUT2D eigenvalue weighted by molar-refractivity contribution is 0.249. The van der Waals surface area contributed by atoms with Gasteiger partial charge in [0.1, 0.15) is 5.82 Å². The second-order valence-corrected chi connectivity index (χ2v) is 4.85. The van der Waals surface area contributed by atoms with Crippen LogP contribution in [0, 0.1) is 6.07 Å². The molecule has 0 saturated carbocycles. The highest BCUT2D eigenvalue weighted by Crippen LogP contribution is 2.13. The maximum Gasteiger partial charge on any atom is 0.136 e. The lowest BCUT2D eigenvalue weighted by Gasteiger charge is -2.35. The molecular weight excluding hydrogens is 234 g/mol. The molecule has 1 saturated heterocycles. The van der Waals surface area contributed by atoms with E-state index in [-0.39, 0.29) is 0 Å². The number of aromatic nitrogens is 1. The van der Waals surface area contributed by atoms with Crippen molar-refractivity contribution in [2.75, 3.05) is 31.1 Å². The Morgan fingerprint density at radius 3 is 2.47 bits per heavy atom. The maximum atomic E-state index is 4.36. The summed E-state index contributed by atoms with van der Waals surface area (Å²) in [5.74, 6) is 0.974. The van der Waals surface area contributed by atoms with Crippen molar-refractivity contribution in [3.8, 4) is 0 Å². The molecule has 0 unspecified atom stereocenters. The van der Waals surface area contributed by atoms with Gasteiger partial charge in [-0.2, -0.15) is 0 Å². The van der Waals surface area contributed by atoms with Gasteiger partial charge in [0, 0.05) is 45.0 Å². The summed E-state index contributed by atoms with van der Waals surface area (Å²) in [6.45, 7) is 5.26. The first kappa shape index (κ1) is 12.2. The number of piperazine rings is 1. The average molecular weight is 252 g/mol. The van der Waals surface area contributed by atoms with Crippen LogP contribution in [0.5, 0.6) is 0 Å². The van der Waals surface area contributed by atoms with E-state index in [0.29, 0.717) is 0 Å². The van der Waals surface area contributed by atoms with E-state index in [9.17, 15) is 0 Å². The number of pyridine rings is 1. The monoisotopic (exact) mass is 252 g/mol. The van der Waals surface area contributed by atoms with E-state index >= 15 is 0 Å². The number of rotatable bonds is 3. The normalized spacial score (nSPS) is 16.5. The van der Waals surface area contributed by atoms with Gasteiger partial charge >= 0.3 is 0 Å². The second-order valence-electron chi connectivity index (χ2n) is 4.85. The van der Waals surface area contributed by atoms with Crippen LogP contribution >= 0.6 is 0 Å². The van der Waals surface area contributed by atoms with Crippen molar-refractivity contribution in [3.05, 3.63) is 60.3 Å². The molecule has 0 aliphatic carbocycles. The molecule has 1 fully saturated rings. The van der Waals surface area contributed by atoms with Gasteiger partial charge in [0.2, 0.25) is 0 Å². The van der Waals surface area contributed by atoms with E-state index in [1.165, 1.54) is 5.56 Å². The highest BCUT2D eigenvalue weighted by Gasteiger charge is 2.17. The highest BCUT2D eigenvalue weighted by molar-refractivity contribution is 5.36. The first-order chi connectivity index (χ1) is 9.42. The molecule has 1 aromatic carbocycles. The zero-order valence-corrected chi connectivity index (χ0v) is 11.0. The molecular formula is C16H18N3. The van der Waals surface area contributed by atoms with E-state index in [4.69, 9.17) is 0 Å². The van der Waals surface area contributed by atoms with Gasteiger partial charge in [0.05, 0.1) is 0 Å². The van der Waals surface area contributed by atoms with Crippen molar-refractivity contribution in [1.29, 1.82) is 0 Å². The average Bonchev–Trinajstić information content (AvgIpc) is 2.50. The summed E-state index contributed by atoms with van der Waals surface area (Å²) in [7, 11) is 0. The summed E-state index contributed by atoms with van der Waals surface area (Å²) in [5.41, 5.74) is 1.39. The summed E-state index contributed by atoms with van der Waals surface area (Å²) in [6.07, 6.45) is 1.84. The first-order valence-corrected chi connectivity index (χ1v) is 6.76. The lowest BCUT2D eigenvalue weighted by atomic mass is 10.2. The molecule has 3 rings (SSSR count). The maximum absolute atomic E-state index is 4.36. The van der Waals surface area contributed by atoms with Gasteiger partial charge in [-0.25, -0.2) is 4.98 Å². The fourth-order valence-electron chi connectivity index (χ4n) is 2.45. The summed E-state index contributed by atoms with van der Waals surface area (Å²) >= 11 is 0. The minimum atomic E-state index is 0.974. The Labute approximate surface area is 114 Å². The van der Waals surface area contributed by atoms with Crippen molar-refractivity contribution >= 4 is 5.82 Å². The molecule has 1 aliphatic rings. The van der Waals surface area contributed by atoms with Gasteiger partial charge in [-0.1, -0.05) is 30.3 Å². The molecule has 1 aliphatic heterocycles. The van der Waals surface area contributed by atoms with Crippen LogP contribution in [0.1, 0.15) is 5.56 Å². The molecule has 1 aromatic heterocycles. The molecule has 19 heavy (non-hydrogen) atoms. The van der Waals surface area contributed by atoms with Gasteiger partial charge in [0.15, 0.2) is 0 Å². The van der Waals surface area contributed by atoms with Crippen LogP contribution in [0.15, 0.2) is 48.7 Å². The first-order valence-electron chi connectivity index (χ1n) is 6.76. The Kier molecular flexibility index (Phi) is 3.75. The molecule has 0 N–H and O–H groups in total. The molecule has 97 valence electrons. The van der Waals surface area contributed by atoms with E-state index in [2.05, 4.69) is 51.2 Å². The van der Waals surface area contributed by atoms with Crippen LogP contribution in [-0.4, -0.2) is 36.1 Å². The number of anilines is 1.